The van der Waals surface area contributed by atoms with Crippen molar-refractivity contribution in [3.63, 3.8) is 0 Å². The smallest absolute Gasteiger partial charge is 0.0695 e. The van der Waals surface area contributed by atoms with Gasteiger partial charge >= 0.3 is 0 Å². The highest BCUT2D eigenvalue weighted by Gasteiger charge is 2.17. The summed E-state index contributed by atoms with van der Waals surface area (Å²) in [5.74, 6) is 0.500. The molecule has 0 radical (unpaired) electrons. The van der Waals surface area contributed by atoms with Crippen molar-refractivity contribution in [2.45, 2.75) is 25.4 Å². The van der Waals surface area contributed by atoms with E-state index in [4.69, 9.17) is 0 Å². The third-order valence-corrected chi connectivity index (χ3v) is 7.44. The van der Waals surface area contributed by atoms with Crippen LogP contribution in [0.1, 0.15) is 29.5 Å². The van der Waals surface area contributed by atoms with Crippen molar-refractivity contribution in [2.75, 3.05) is 0 Å². The van der Waals surface area contributed by atoms with E-state index in [1.54, 1.807) is 0 Å². The lowest BCUT2D eigenvalue weighted by atomic mass is 9.93. The Morgan fingerprint density at radius 3 is 1.79 bits per heavy atom. The van der Waals surface area contributed by atoms with Crippen molar-refractivity contribution in [2.24, 2.45) is 0 Å². The minimum Gasteiger partial charge on any atom is -0.256 e. The van der Waals surface area contributed by atoms with Gasteiger partial charge in [-0.3, -0.25) is 9.97 Å². The van der Waals surface area contributed by atoms with Gasteiger partial charge in [-0.25, -0.2) is 0 Å². The molecule has 4 aromatic rings. The van der Waals surface area contributed by atoms with Gasteiger partial charge in [-0.2, -0.15) is 0 Å². The maximum absolute atomic E-state index is 4.63. The Morgan fingerprint density at radius 2 is 1.24 bits per heavy atom. The van der Waals surface area contributed by atoms with E-state index in [1.165, 1.54) is 16.7 Å². The fourth-order valence-corrected chi connectivity index (χ4v) is 5.60. The van der Waals surface area contributed by atoms with Gasteiger partial charge in [0.15, 0.2) is 0 Å². The van der Waals surface area contributed by atoms with Crippen LogP contribution in [0.25, 0.3) is 0 Å². The first-order valence-corrected chi connectivity index (χ1v) is 11.5. The second-order valence-corrected chi connectivity index (χ2v) is 9.38. The van der Waals surface area contributed by atoms with E-state index in [1.807, 2.05) is 24.5 Å². The van der Waals surface area contributed by atoms with Gasteiger partial charge in [-0.05, 0) is 53.3 Å². The molecule has 2 heterocycles. The summed E-state index contributed by atoms with van der Waals surface area (Å²) < 4.78 is 0. The molecule has 1 atom stereocenters. The molecular formula is C26H25N2P. The highest BCUT2D eigenvalue weighted by atomic mass is 31.1. The molecule has 2 aromatic heterocycles. The van der Waals surface area contributed by atoms with Crippen LogP contribution < -0.4 is 10.9 Å². The third kappa shape index (κ3) is 5.16. The third-order valence-electron chi connectivity index (χ3n) is 5.13. The Morgan fingerprint density at radius 1 is 0.655 bits per heavy atom. The summed E-state index contributed by atoms with van der Waals surface area (Å²) in [6, 6.07) is 32.1. The SMILES string of the molecule is CC(Cc1ccccc1)c1ccc(CP(c2ccccn2)c2ccccn2)cc1. The molecular weight excluding hydrogens is 371 g/mol. The highest BCUT2D eigenvalue weighted by Crippen LogP contribution is 2.36. The van der Waals surface area contributed by atoms with Gasteiger partial charge in [0.1, 0.15) is 0 Å². The van der Waals surface area contributed by atoms with Crippen molar-refractivity contribution < 1.29 is 0 Å². The number of aromatic nitrogens is 2. The maximum Gasteiger partial charge on any atom is 0.0695 e. The number of hydrogen-bond donors (Lipinski definition) is 0. The van der Waals surface area contributed by atoms with E-state index < -0.39 is 7.92 Å². The Balaban J connectivity index is 1.51. The van der Waals surface area contributed by atoms with Crippen molar-refractivity contribution in [3.8, 4) is 0 Å². The maximum atomic E-state index is 4.63. The van der Waals surface area contributed by atoms with Crippen LogP contribution in [0.4, 0.5) is 0 Å². The number of rotatable bonds is 7. The topological polar surface area (TPSA) is 25.8 Å². The molecule has 2 aromatic carbocycles. The lowest BCUT2D eigenvalue weighted by molar-refractivity contribution is 0.759. The monoisotopic (exact) mass is 396 g/mol. The number of nitrogens with zero attached hydrogens (tertiary/aromatic N) is 2. The van der Waals surface area contributed by atoms with Crippen LogP contribution in [-0.2, 0) is 12.6 Å². The highest BCUT2D eigenvalue weighted by molar-refractivity contribution is 7.71. The molecule has 29 heavy (non-hydrogen) atoms. The molecule has 0 N–H and O–H groups in total. The van der Waals surface area contributed by atoms with Crippen molar-refractivity contribution >= 4 is 18.8 Å². The Bertz CT molecular complexity index is 963. The minimum absolute atomic E-state index is 0.500. The van der Waals surface area contributed by atoms with Crippen LogP contribution in [-0.4, -0.2) is 9.97 Å². The van der Waals surface area contributed by atoms with Crippen LogP contribution in [0.3, 0.4) is 0 Å². The lowest BCUT2D eigenvalue weighted by Gasteiger charge is -2.17. The second kappa shape index (κ2) is 9.58. The Labute approximate surface area is 174 Å². The first-order chi connectivity index (χ1) is 14.3. The molecule has 2 nitrogen and oxygen atoms in total. The van der Waals surface area contributed by atoms with Gasteiger partial charge in [0.05, 0.1) is 10.9 Å². The van der Waals surface area contributed by atoms with E-state index in [9.17, 15) is 0 Å². The summed E-state index contributed by atoms with van der Waals surface area (Å²) in [6.45, 7) is 2.30. The Hall–Kier alpha value is -2.83. The summed E-state index contributed by atoms with van der Waals surface area (Å²) in [4.78, 5) is 9.27. The molecule has 0 aliphatic carbocycles. The summed E-state index contributed by atoms with van der Waals surface area (Å²) >= 11 is 0. The van der Waals surface area contributed by atoms with Crippen LogP contribution in [0, 0.1) is 0 Å². The van der Waals surface area contributed by atoms with E-state index in [2.05, 4.69) is 95.8 Å². The molecule has 0 fully saturated rings. The number of hydrogen-bond acceptors (Lipinski definition) is 2. The van der Waals surface area contributed by atoms with Crippen LogP contribution in [0.15, 0.2) is 103 Å². The molecule has 0 amide bonds. The predicted octanol–water partition coefficient (Wildman–Crippen LogP) is 5.46. The van der Waals surface area contributed by atoms with Crippen molar-refractivity contribution in [1.82, 2.24) is 9.97 Å². The zero-order chi connectivity index (χ0) is 19.9. The molecule has 3 heteroatoms. The average Bonchev–Trinajstić information content (AvgIpc) is 2.80. The van der Waals surface area contributed by atoms with Crippen molar-refractivity contribution in [1.29, 1.82) is 0 Å². The standard InChI is InChI=1S/C26H25N2P/c1-21(19-22-9-3-2-4-10-22)24-15-13-23(14-16-24)20-29(25-11-5-7-17-27-25)26-12-6-8-18-28-26/h2-18,21H,19-20H2,1H3. The number of pyridine rings is 2. The second-order valence-electron chi connectivity index (χ2n) is 7.29. The normalized spacial score (nSPS) is 12.1. The predicted molar refractivity (Wildman–Crippen MR) is 123 cm³/mol. The minimum atomic E-state index is -0.614. The molecule has 0 spiro atoms. The molecule has 0 bridgehead atoms. The molecule has 4 rings (SSSR count). The first-order valence-electron chi connectivity index (χ1n) is 10.0. The molecule has 0 aliphatic rings. The Kier molecular flexibility index (Phi) is 6.44. The van der Waals surface area contributed by atoms with E-state index in [-0.39, 0.29) is 0 Å². The molecule has 0 saturated carbocycles. The van der Waals surface area contributed by atoms with Gasteiger partial charge in [-0.1, -0.05) is 73.7 Å². The zero-order valence-corrected chi connectivity index (χ0v) is 17.5. The lowest BCUT2D eigenvalue weighted by Crippen LogP contribution is -2.18. The molecule has 0 saturated heterocycles. The van der Waals surface area contributed by atoms with Crippen LogP contribution >= 0.6 is 7.92 Å². The van der Waals surface area contributed by atoms with Crippen LogP contribution in [0.2, 0.25) is 0 Å². The van der Waals surface area contributed by atoms with Gasteiger partial charge in [0.25, 0.3) is 0 Å². The summed E-state index contributed by atoms with van der Waals surface area (Å²) in [6.07, 6.45) is 5.77. The van der Waals surface area contributed by atoms with E-state index in [0.29, 0.717) is 5.92 Å². The van der Waals surface area contributed by atoms with Gasteiger partial charge < -0.3 is 0 Å². The fourth-order valence-electron chi connectivity index (χ4n) is 3.53. The first kappa shape index (κ1) is 19.5. The average molecular weight is 396 g/mol. The summed E-state index contributed by atoms with van der Waals surface area (Å²) in [5, 5.41) is 0. The van der Waals surface area contributed by atoms with Crippen LogP contribution in [0.5, 0.6) is 0 Å². The molecule has 0 aliphatic heterocycles. The van der Waals surface area contributed by atoms with E-state index >= 15 is 0 Å². The summed E-state index contributed by atoms with van der Waals surface area (Å²) in [7, 11) is -0.614. The van der Waals surface area contributed by atoms with Gasteiger partial charge in [0.2, 0.25) is 0 Å². The quantitative estimate of drug-likeness (QED) is 0.388. The number of benzene rings is 2. The van der Waals surface area contributed by atoms with Crippen molar-refractivity contribution in [3.05, 3.63) is 120 Å². The zero-order valence-electron chi connectivity index (χ0n) is 16.6. The molecule has 144 valence electrons. The fraction of sp³-hybridized carbons (Fsp3) is 0.154. The molecule has 1 unspecified atom stereocenters. The van der Waals surface area contributed by atoms with E-state index in [0.717, 1.165) is 23.5 Å². The summed E-state index contributed by atoms with van der Waals surface area (Å²) in [5.41, 5.74) is 6.36. The van der Waals surface area contributed by atoms with Gasteiger partial charge in [0, 0.05) is 26.5 Å². The largest absolute Gasteiger partial charge is 0.256 e. The van der Waals surface area contributed by atoms with Gasteiger partial charge in [-0.15, -0.1) is 0 Å².